The highest BCUT2D eigenvalue weighted by molar-refractivity contribution is 5.88. The second kappa shape index (κ2) is 3.03. The van der Waals surface area contributed by atoms with E-state index in [2.05, 4.69) is 0 Å². The van der Waals surface area contributed by atoms with Crippen LogP contribution in [-0.4, -0.2) is 32.6 Å². The van der Waals surface area contributed by atoms with Crippen molar-refractivity contribution in [1.29, 1.82) is 0 Å². The van der Waals surface area contributed by atoms with Crippen LogP contribution in [0.15, 0.2) is 12.2 Å². The van der Waals surface area contributed by atoms with Gasteiger partial charge in [-0.05, 0) is 12.3 Å². The van der Waals surface area contributed by atoms with Crippen molar-refractivity contribution in [3.05, 3.63) is 22.3 Å². The molecular weight excluding hydrogens is 218 g/mol. The van der Waals surface area contributed by atoms with E-state index in [1.165, 1.54) is 6.08 Å². The first-order valence-electron chi connectivity index (χ1n) is 4.71. The molecule has 1 saturated carbocycles. The van der Waals surface area contributed by atoms with E-state index < -0.39 is 40.2 Å². The molecule has 0 amide bonds. The third kappa shape index (κ3) is 0.971. The van der Waals surface area contributed by atoms with Crippen LogP contribution in [0.25, 0.3) is 0 Å². The molecule has 2 bridgehead atoms. The van der Waals surface area contributed by atoms with Crippen molar-refractivity contribution < 1.29 is 24.7 Å². The first kappa shape index (κ1) is 10.6. The minimum absolute atomic E-state index is 0.226. The summed E-state index contributed by atoms with van der Waals surface area (Å²) in [7, 11) is 0. The first-order valence-corrected chi connectivity index (χ1v) is 4.71. The summed E-state index contributed by atoms with van der Waals surface area (Å²) < 4.78 is 0. The molecule has 0 unspecified atom stereocenters. The highest BCUT2D eigenvalue weighted by Gasteiger charge is 2.73. The summed E-state index contributed by atoms with van der Waals surface area (Å²) in [6.07, 6.45) is 3.24. The monoisotopic (exact) mass is 227 g/mol. The molecule has 0 radical (unpaired) electrons. The van der Waals surface area contributed by atoms with Crippen molar-refractivity contribution in [2.45, 2.75) is 12.0 Å². The van der Waals surface area contributed by atoms with Crippen LogP contribution in [0.4, 0.5) is 0 Å². The van der Waals surface area contributed by atoms with Crippen LogP contribution < -0.4 is 0 Å². The fourth-order valence-corrected chi connectivity index (χ4v) is 2.85. The van der Waals surface area contributed by atoms with Crippen LogP contribution in [0.2, 0.25) is 0 Å². The summed E-state index contributed by atoms with van der Waals surface area (Å²) in [5, 5.41) is 29.0. The van der Waals surface area contributed by atoms with Gasteiger partial charge in [0.2, 0.25) is 0 Å². The standard InChI is InChI=1S/C9H9NO6/c11-7(12)6-4-1-2-5(3-4)9(6,8(13)14)10(15)16/h1-2,4-6H,3H2,(H,11,12)(H,13,14)/t4-,5-,6-,9+/m0/s1. The van der Waals surface area contributed by atoms with Crippen molar-refractivity contribution in [2.75, 3.05) is 0 Å². The molecule has 1 fully saturated rings. The average molecular weight is 227 g/mol. The molecule has 0 aliphatic heterocycles. The lowest BCUT2D eigenvalue weighted by Gasteiger charge is -2.27. The Morgan fingerprint density at radius 2 is 2.00 bits per heavy atom. The Labute approximate surface area is 89.5 Å². The quantitative estimate of drug-likeness (QED) is 0.397. The molecule has 7 heteroatoms. The van der Waals surface area contributed by atoms with Gasteiger partial charge in [0.15, 0.2) is 0 Å². The Hall–Kier alpha value is -1.92. The summed E-state index contributed by atoms with van der Waals surface area (Å²) in [4.78, 5) is 32.2. The maximum absolute atomic E-state index is 11.1. The summed E-state index contributed by atoms with van der Waals surface area (Å²) in [5.74, 6) is -5.94. The number of nitro groups is 1. The molecular formula is C9H9NO6. The Morgan fingerprint density at radius 1 is 1.38 bits per heavy atom. The van der Waals surface area contributed by atoms with E-state index in [-0.39, 0.29) is 6.42 Å². The fraction of sp³-hybridized carbons (Fsp3) is 0.556. The summed E-state index contributed by atoms with van der Waals surface area (Å²) >= 11 is 0. The number of carboxylic acids is 2. The minimum atomic E-state index is -2.40. The number of carboxylic acid groups (broad SMARTS) is 2. The predicted octanol–water partition coefficient (Wildman–Crippen LogP) is -0.00680. The first-order chi connectivity index (χ1) is 7.42. The molecule has 2 N–H and O–H groups in total. The molecule has 0 spiro atoms. The van der Waals surface area contributed by atoms with E-state index in [9.17, 15) is 19.7 Å². The molecule has 0 aromatic carbocycles. The summed E-state index contributed by atoms with van der Waals surface area (Å²) in [6.45, 7) is 0. The molecule has 0 heterocycles. The summed E-state index contributed by atoms with van der Waals surface area (Å²) in [5.41, 5.74) is -2.40. The lowest BCUT2D eigenvalue weighted by atomic mass is 9.76. The zero-order chi connectivity index (χ0) is 12.1. The smallest absolute Gasteiger partial charge is 0.384 e. The van der Waals surface area contributed by atoms with E-state index in [1.807, 2.05) is 0 Å². The number of hydrogen-bond acceptors (Lipinski definition) is 4. The zero-order valence-electron chi connectivity index (χ0n) is 8.07. The lowest BCUT2D eigenvalue weighted by Crippen LogP contribution is -2.57. The van der Waals surface area contributed by atoms with Gasteiger partial charge in [0, 0.05) is 4.92 Å². The number of allylic oxidation sites excluding steroid dienone is 1. The number of carbonyl (C=O) groups is 2. The van der Waals surface area contributed by atoms with E-state index in [1.54, 1.807) is 6.08 Å². The molecule has 0 aromatic rings. The normalized spacial score (nSPS) is 39.9. The second-order valence-electron chi connectivity index (χ2n) is 4.09. The highest BCUT2D eigenvalue weighted by atomic mass is 16.6. The zero-order valence-corrected chi connectivity index (χ0v) is 8.07. The SMILES string of the molecule is O=C(O)[C@@H]1[C@H]2C=C[C@@H](C2)[C@@]1(C(=O)O)[N+](=O)[O-]. The number of nitrogens with zero attached hydrogens (tertiary/aromatic N) is 1. The van der Waals surface area contributed by atoms with E-state index in [4.69, 9.17) is 10.2 Å². The number of fused-ring (bicyclic) bond motifs is 2. The van der Waals surface area contributed by atoms with Crippen molar-refractivity contribution >= 4 is 11.9 Å². The molecule has 0 aromatic heterocycles. The van der Waals surface area contributed by atoms with Gasteiger partial charge in [-0.1, -0.05) is 12.2 Å². The Bertz CT molecular complexity index is 400. The second-order valence-corrected chi connectivity index (χ2v) is 4.09. The van der Waals surface area contributed by atoms with Crippen LogP contribution in [-0.2, 0) is 9.59 Å². The van der Waals surface area contributed by atoms with Gasteiger partial charge >= 0.3 is 17.5 Å². The molecule has 2 aliphatic rings. The van der Waals surface area contributed by atoms with E-state index in [0.29, 0.717) is 0 Å². The molecule has 2 aliphatic carbocycles. The number of aliphatic carboxylic acids is 2. The molecule has 0 saturated heterocycles. The topological polar surface area (TPSA) is 118 Å². The van der Waals surface area contributed by atoms with Gasteiger partial charge in [-0.2, -0.15) is 0 Å². The highest BCUT2D eigenvalue weighted by Crippen LogP contribution is 2.52. The molecule has 4 atom stereocenters. The maximum Gasteiger partial charge on any atom is 0.384 e. The average Bonchev–Trinajstić information content (AvgIpc) is 2.73. The fourth-order valence-electron chi connectivity index (χ4n) is 2.85. The van der Waals surface area contributed by atoms with Crippen LogP contribution in [0.3, 0.4) is 0 Å². The van der Waals surface area contributed by atoms with Gasteiger partial charge in [-0.3, -0.25) is 14.9 Å². The van der Waals surface area contributed by atoms with Crippen molar-refractivity contribution in [1.82, 2.24) is 0 Å². The van der Waals surface area contributed by atoms with E-state index >= 15 is 0 Å². The van der Waals surface area contributed by atoms with Crippen LogP contribution >= 0.6 is 0 Å². The summed E-state index contributed by atoms with van der Waals surface area (Å²) in [6, 6.07) is 0. The molecule has 2 rings (SSSR count). The van der Waals surface area contributed by atoms with Gasteiger partial charge in [0.25, 0.3) is 0 Å². The number of rotatable bonds is 3. The maximum atomic E-state index is 11.1. The van der Waals surface area contributed by atoms with Gasteiger partial charge < -0.3 is 10.2 Å². The van der Waals surface area contributed by atoms with Gasteiger partial charge in [0.05, 0.1) is 5.92 Å². The molecule has 86 valence electrons. The van der Waals surface area contributed by atoms with Crippen LogP contribution in [0.5, 0.6) is 0 Å². The van der Waals surface area contributed by atoms with Gasteiger partial charge in [0.1, 0.15) is 5.92 Å². The minimum Gasteiger partial charge on any atom is -0.481 e. The lowest BCUT2D eigenvalue weighted by molar-refractivity contribution is -0.567. The van der Waals surface area contributed by atoms with Crippen molar-refractivity contribution in [3.63, 3.8) is 0 Å². The van der Waals surface area contributed by atoms with Crippen molar-refractivity contribution in [2.24, 2.45) is 17.8 Å². The Balaban J connectivity index is 2.59. The predicted molar refractivity (Wildman–Crippen MR) is 49.2 cm³/mol. The Kier molecular flexibility index (Phi) is 2.01. The molecule has 16 heavy (non-hydrogen) atoms. The van der Waals surface area contributed by atoms with Crippen LogP contribution in [0, 0.1) is 27.9 Å². The number of hydrogen-bond donors (Lipinski definition) is 2. The Morgan fingerprint density at radius 3 is 2.38 bits per heavy atom. The molecule has 7 nitrogen and oxygen atoms in total. The van der Waals surface area contributed by atoms with Crippen LogP contribution in [0.1, 0.15) is 6.42 Å². The largest absolute Gasteiger partial charge is 0.481 e. The van der Waals surface area contributed by atoms with Crippen molar-refractivity contribution in [3.8, 4) is 0 Å². The van der Waals surface area contributed by atoms with Gasteiger partial charge in [-0.25, -0.2) is 4.79 Å². The third-order valence-corrected chi connectivity index (χ3v) is 3.50. The third-order valence-electron chi connectivity index (χ3n) is 3.50. The van der Waals surface area contributed by atoms with Gasteiger partial charge in [-0.15, -0.1) is 0 Å². The van der Waals surface area contributed by atoms with E-state index in [0.717, 1.165) is 0 Å².